The van der Waals surface area contributed by atoms with Gasteiger partial charge in [-0.15, -0.1) is 0 Å². The number of nitrogens with zero attached hydrogens (tertiary/aromatic N) is 2. The third-order valence-corrected chi connectivity index (χ3v) is 7.15. The quantitative estimate of drug-likeness (QED) is 0.159. The lowest BCUT2D eigenvalue weighted by atomic mass is 9.99. The standard InChI is InChI=1S/C29H21ClF4N2O2S/c30-23-12-11-22(26(31)15-23)16-36-28(24-5-2-6-25(27(24)35-36)29(32,33)34)21-4-1-3-20(14-21)13-18-7-9-19(10-8-18)17-39(37)38/h1-12,14-15H,13,16-17H2,(H,37,38). The molecule has 0 aliphatic rings. The van der Waals surface area contributed by atoms with Gasteiger partial charge in [0.05, 0.1) is 23.6 Å². The van der Waals surface area contributed by atoms with E-state index in [1.165, 1.54) is 22.9 Å². The van der Waals surface area contributed by atoms with Crippen LogP contribution in [0.15, 0.2) is 84.9 Å². The summed E-state index contributed by atoms with van der Waals surface area (Å²) in [5.74, 6) is -0.535. The smallest absolute Gasteiger partial charge is 0.306 e. The van der Waals surface area contributed by atoms with Crippen molar-refractivity contribution in [1.29, 1.82) is 0 Å². The largest absolute Gasteiger partial charge is 0.418 e. The Labute approximate surface area is 229 Å². The Kier molecular flexibility index (Phi) is 7.57. The first kappa shape index (κ1) is 27.1. The molecule has 0 aliphatic carbocycles. The predicted molar refractivity (Wildman–Crippen MR) is 144 cm³/mol. The molecule has 4 aromatic carbocycles. The van der Waals surface area contributed by atoms with Crippen molar-refractivity contribution < 1.29 is 26.3 Å². The van der Waals surface area contributed by atoms with E-state index in [1.807, 2.05) is 30.3 Å². The fourth-order valence-electron chi connectivity index (χ4n) is 4.57. The second-order valence-electron chi connectivity index (χ2n) is 9.10. The summed E-state index contributed by atoms with van der Waals surface area (Å²) >= 11 is 3.96. The van der Waals surface area contributed by atoms with Gasteiger partial charge < -0.3 is 4.55 Å². The minimum Gasteiger partial charge on any atom is -0.306 e. The molecule has 5 aromatic rings. The molecule has 1 atom stereocenters. The summed E-state index contributed by atoms with van der Waals surface area (Å²) < 4.78 is 77.7. The molecule has 4 nitrogen and oxygen atoms in total. The zero-order chi connectivity index (χ0) is 27.7. The monoisotopic (exact) mass is 572 g/mol. The number of rotatable bonds is 7. The molecule has 1 aromatic heterocycles. The number of alkyl halides is 3. The Morgan fingerprint density at radius 1 is 0.897 bits per heavy atom. The Hall–Kier alpha value is -3.53. The number of hydrogen-bond acceptors (Lipinski definition) is 2. The lowest BCUT2D eigenvalue weighted by Gasteiger charge is -2.11. The van der Waals surface area contributed by atoms with Gasteiger partial charge in [-0.1, -0.05) is 72.3 Å². The number of fused-ring (bicyclic) bond motifs is 1. The molecule has 0 saturated heterocycles. The predicted octanol–water partition coefficient (Wildman–Crippen LogP) is 7.88. The van der Waals surface area contributed by atoms with Crippen molar-refractivity contribution in [3.05, 3.63) is 124 Å². The van der Waals surface area contributed by atoms with Crippen molar-refractivity contribution in [2.75, 3.05) is 0 Å². The molecule has 0 fully saturated rings. The third kappa shape index (κ3) is 6.06. The SMILES string of the molecule is O=S(O)Cc1ccc(Cc2cccc(-c3c4cccc(C(F)(F)F)c4nn3Cc3ccc(Cl)cc3F)c2)cc1. The highest BCUT2D eigenvalue weighted by atomic mass is 35.5. The summed E-state index contributed by atoms with van der Waals surface area (Å²) in [6.45, 7) is -0.0950. The third-order valence-electron chi connectivity index (χ3n) is 6.33. The van der Waals surface area contributed by atoms with Crippen LogP contribution in [0.5, 0.6) is 0 Å². The maximum atomic E-state index is 14.7. The Balaban J connectivity index is 1.58. The van der Waals surface area contributed by atoms with Crippen LogP contribution in [0.3, 0.4) is 0 Å². The second-order valence-corrected chi connectivity index (χ2v) is 10.5. The fourth-order valence-corrected chi connectivity index (χ4v) is 5.21. The molecule has 0 amide bonds. The molecule has 0 radical (unpaired) electrons. The van der Waals surface area contributed by atoms with Crippen molar-refractivity contribution in [1.82, 2.24) is 9.78 Å². The first-order valence-electron chi connectivity index (χ1n) is 11.8. The number of halogens is 5. The molecule has 0 aliphatic heterocycles. The van der Waals surface area contributed by atoms with Crippen LogP contribution in [0.4, 0.5) is 17.6 Å². The van der Waals surface area contributed by atoms with Gasteiger partial charge in [0, 0.05) is 21.5 Å². The molecule has 0 saturated carbocycles. The van der Waals surface area contributed by atoms with E-state index >= 15 is 0 Å². The minimum atomic E-state index is -4.61. The molecule has 200 valence electrons. The molecule has 10 heteroatoms. The van der Waals surface area contributed by atoms with E-state index in [9.17, 15) is 21.8 Å². The van der Waals surface area contributed by atoms with Gasteiger partial charge in [0.1, 0.15) is 11.3 Å². The van der Waals surface area contributed by atoms with Gasteiger partial charge in [-0.05, 0) is 47.4 Å². The highest BCUT2D eigenvalue weighted by Crippen LogP contribution is 2.38. The van der Waals surface area contributed by atoms with Crippen LogP contribution in [0.25, 0.3) is 22.2 Å². The zero-order valence-corrected chi connectivity index (χ0v) is 21.8. The van der Waals surface area contributed by atoms with Crippen LogP contribution in [0.2, 0.25) is 5.02 Å². The van der Waals surface area contributed by atoms with Crippen LogP contribution in [0.1, 0.15) is 27.8 Å². The molecule has 1 heterocycles. The number of hydrogen-bond donors (Lipinski definition) is 1. The molecule has 1 N–H and O–H groups in total. The van der Waals surface area contributed by atoms with E-state index in [1.54, 1.807) is 24.3 Å². The minimum absolute atomic E-state index is 0.0426. The van der Waals surface area contributed by atoms with Crippen LogP contribution >= 0.6 is 11.6 Å². The molecule has 0 spiro atoms. The van der Waals surface area contributed by atoms with Crippen LogP contribution in [-0.2, 0) is 36.0 Å². The second kappa shape index (κ2) is 10.9. The van der Waals surface area contributed by atoms with E-state index in [0.29, 0.717) is 23.1 Å². The summed E-state index contributed by atoms with van der Waals surface area (Å²) in [6.07, 6.45) is -4.08. The van der Waals surface area contributed by atoms with Gasteiger partial charge in [-0.2, -0.15) is 18.3 Å². The van der Waals surface area contributed by atoms with Gasteiger partial charge in [-0.25, -0.2) is 8.60 Å². The topological polar surface area (TPSA) is 55.1 Å². The van der Waals surface area contributed by atoms with E-state index < -0.39 is 28.6 Å². The number of aromatic nitrogens is 2. The van der Waals surface area contributed by atoms with Crippen molar-refractivity contribution in [2.24, 2.45) is 0 Å². The Morgan fingerprint density at radius 3 is 2.31 bits per heavy atom. The summed E-state index contributed by atoms with van der Waals surface area (Å²) in [7, 11) is 0. The first-order valence-corrected chi connectivity index (χ1v) is 13.5. The summed E-state index contributed by atoms with van der Waals surface area (Å²) in [5, 5.41) is 4.83. The van der Waals surface area contributed by atoms with Crippen molar-refractivity contribution in [2.45, 2.75) is 24.9 Å². The first-order chi connectivity index (χ1) is 18.6. The van der Waals surface area contributed by atoms with Crippen LogP contribution in [-0.4, -0.2) is 18.5 Å². The molecule has 5 rings (SSSR count). The average Bonchev–Trinajstić information content (AvgIpc) is 3.24. The number of benzene rings is 4. The Bertz CT molecular complexity index is 1680. The summed E-state index contributed by atoms with van der Waals surface area (Å²) in [6, 6.07) is 22.8. The van der Waals surface area contributed by atoms with E-state index in [0.717, 1.165) is 28.8 Å². The summed E-state index contributed by atoms with van der Waals surface area (Å²) in [5.41, 5.74) is 2.83. The van der Waals surface area contributed by atoms with Gasteiger partial charge in [0.2, 0.25) is 0 Å². The molecule has 0 bridgehead atoms. The van der Waals surface area contributed by atoms with Crippen molar-refractivity contribution >= 4 is 33.6 Å². The van der Waals surface area contributed by atoms with E-state index in [-0.39, 0.29) is 28.4 Å². The van der Waals surface area contributed by atoms with Crippen molar-refractivity contribution in [3.63, 3.8) is 0 Å². The van der Waals surface area contributed by atoms with E-state index in [2.05, 4.69) is 5.10 Å². The fraction of sp³-hybridized carbons (Fsp3) is 0.138. The lowest BCUT2D eigenvalue weighted by Crippen LogP contribution is -2.07. The molecular weight excluding hydrogens is 552 g/mol. The van der Waals surface area contributed by atoms with E-state index in [4.69, 9.17) is 16.2 Å². The maximum Gasteiger partial charge on any atom is 0.418 e. The van der Waals surface area contributed by atoms with Gasteiger partial charge >= 0.3 is 6.18 Å². The highest BCUT2D eigenvalue weighted by molar-refractivity contribution is 7.78. The van der Waals surface area contributed by atoms with Crippen molar-refractivity contribution in [3.8, 4) is 11.3 Å². The molecular formula is C29H21ClF4N2O2S. The lowest BCUT2D eigenvalue weighted by molar-refractivity contribution is -0.136. The Morgan fingerprint density at radius 2 is 1.62 bits per heavy atom. The molecule has 39 heavy (non-hydrogen) atoms. The highest BCUT2D eigenvalue weighted by Gasteiger charge is 2.34. The maximum absolute atomic E-state index is 14.7. The van der Waals surface area contributed by atoms with Gasteiger partial charge in [0.15, 0.2) is 11.1 Å². The summed E-state index contributed by atoms with van der Waals surface area (Å²) in [4.78, 5) is 0. The van der Waals surface area contributed by atoms with Gasteiger partial charge in [-0.3, -0.25) is 4.68 Å². The molecule has 1 unspecified atom stereocenters. The van der Waals surface area contributed by atoms with Crippen LogP contribution in [0, 0.1) is 5.82 Å². The normalized spacial score (nSPS) is 12.7. The van der Waals surface area contributed by atoms with Gasteiger partial charge in [0.25, 0.3) is 0 Å². The van der Waals surface area contributed by atoms with Crippen LogP contribution < -0.4 is 0 Å². The zero-order valence-electron chi connectivity index (χ0n) is 20.3. The average molecular weight is 573 g/mol.